The largest absolute Gasteiger partial charge is 0.354 e. The number of aromatic nitrogens is 3. The molecule has 4 rings (SSSR count). The molecule has 0 saturated carbocycles. The molecule has 0 bridgehead atoms. The Morgan fingerprint density at radius 3 is 2.77 bits per heavy atom. The number of hydrogen-bond donors (Lipinski definition) is 3. The van der Waals surface area contributed by atoms with E-state index < -0.39 is 0 Å². The van der Waals surface area contributed by atoms with Crippen LogP contribution in [0, 0.1) is 0 Å². The van der Waals surface area contributed by atoms with Gasteiger partial charge >= 0.3 is 0 Å². The number of rotatable bonds is 3. The summed E-state index contributed by atoms with van der Waals surface area (Å²) in [5.41, 5.74) is 3.16. The van der Waals surface area contributed by atoms with E-state index in [2.05, 4.69) is 42.7 Å². The molecule has 1 saturated heterocycles. The first kappa shape index (κ1) is 18.6. The predicted octanol–water partition coefficient (Wildman–Crippen LogP) is 0.876. The molecule has 2 aromatic heterocycles. The Labute approximate surface area is 158 Å². The molecule has 2 aliphatic heterocycles. The number of anilines is 2. The van der Waals surface area contributed by atoms with E-state index >= 15 is 0 Å². The summed E-state index contributed by atoms with van der Waals surface area (Å²) in [6, 6.07) is 3.86. The van der Waals surface area contributed by atoms with Gasteiger partial charge in [0.2, 0.25) is 0 Å². The van der Waals surface area contributed by atoms with E-state index in [0.29, 0.717) is 17.9 Å². The van der Waals surface area contributed by atoms with Crippen LogP contribution >= 0.6 is 12.4 Å². The molecule has 1 amide bonds. The summed E-state index contributed by atoms with van der Waals surface area (Å²) in [6.07, 6.45) is 2.58. The zero-order valence-corrected chi connectivity index (χ0v) is 15.6. The Morgan fingerprint density at radius 1 is 1.23 bits per heavy atom. The number of carbonyl (C=O) groups excluding carboxylic acids is 1. The van der Waals surface area contributed by atoms with E-state index in [1.54, 1.807) is 6.20 Å². The van der Waals surface area contributed by atoms with E-state index in [9.17, 15) is 4.79 Å². The van der Waals surface area contributed by atoms with Crippen molar-refractivity contribution in [2.45, 2.75) is 13.0 Å². The molecule has 140 valence electrons. The standard InChI is InChI=1S/C17H23N7O.ClH/c1-23-6-8-24(9-7-23)15-3-2-12(10-19-15)20-17(25)16-13-11-18-5-4-14(13)21-22-16;/h2-3,10,18H,4-9,11H2,1H3,(H,20,25)(H,21,22);1H. The Morgan fingerprint density at radius 2 is 2.04 bits per heavy atom. The van der Waals surface area contributed by atoms with Crippen LogP contribution in [0.25, 0.3) is 0 Å². The lowest BCUT2D eigenvalue weighted by molar-refractivity contribution is 0.102. The van der Waals surface area contributed by atoms with E-state index in [1.807, 2.05) is 12.1 Å². The second kappa shape index (κ2) is 8.03. The minimum Gasteiger partial charge on any atom is -0.354 e. The molecule has 4 heterocycles. The summed E-state index contributed by atoms with van der Waals surface area (Å²) in [6.45, 7) is 5.61. The summed E-state index contributed by atoms with van der Waals surface area (Å²) < 4.78 is 0. The molecule has 0 spiro atoms. The van der Waals surface area contributed by atoms with Gasteiger partial charge in [-0.2, -0.15) is 5.10 Å². The number of H-pyrrole nitrogens is 1. The molecule has 2 aromatic rings. The number of nitrogens with zero attached hydrogens (tertiary/aromatic N) is 4. The van der Waals surface area contributed by atoms with Gasteiger partial charge in [-0.15, -0.1) is 12.4 Å². The number of hydrogen-bond acceptors (Lipinski definition) is 6. The molecule has 3 N–H and O–H groups in total. The van der Waals surface area contributed by atoms with Crippen molar-refractivity contribution in [2.24, 2.45) is 0 Å². The number of aromatic amines is 1. The molecule has 0 aliphatic carbocycles. The van der Waals surface area contributed by atoms with Crippen molar-refractivity contribution in [2.75, 3.05) is 50.0 Å². The van der Waals surface area contributed by atoms with Gasteiger partial charge in [0.1, 0.15) is 5.82 Å². The maximum atomic E-state index is 12.5. The van der Waals surface area contributed by atoms with Gasteiger partial charge in [-0.05, 0) is 19.2 Å². The minimum atomic E-state index is -0.199. The molecule has 0 unspecified atom stereocenters. The molecule has 9 heteroatoms. The Balaban J connectivity index is 0.00000196. The highest BCUT2D eigenvalue weighted by Crippen LogP contribution is 2.19. The second-order valence-electron chi connectivity index (χ2n) is 6.61. The highest BCUT2D eigenvalue weighted by molar-refractivity contribution is 6.04. The van der Waals surface area contributed by atoms with E-state index in [-0.39, 0.29) is 18.3 Å². The molecule has 1 fully saturated rings. The normalized spacial score (nSPS) is 17.3. The van der Waals surface area contributed by atoms with Gasteiger partial charge in [-0.1, -0.05) is 0 Å². The SMILES string of the molecule is CN1CCN(c2ccc(NC(=O)c3n[nH]c4c3CNCC4)cn2)CC1.Cl. The monoisotopic (exact) mass is 377 g/mol. The van der Waals surface area contributed by atoms with Crippen LogP contribution < -0.4 is 15.5 Å². The molecule has 26 heavy (non-hydrogen) atoms. The average Bonchev–Trinajstić information content (AvgIpc) is 3.07. The maximum Gasteiger partial charge on any atom is 0.276 e. The fourth-order valence-electron chi connectivity index (χ4n) is 3.29. The van der Waals surface area contributed by atoms with Crippen molar-refractivity contribution >= 4 is 29.8 Å². The van der Waals surface area contributed by atoms with Crippen molar-refractivity contribution in [3.8, 4) is 0 Å². The molecular weight excluding hydrogens is 354 g/mol. The van der Waals surface area contributed by atoms with Crippen LogP contribution in [-0.2, 0) is 13.0 Å². The van der Waals surface area contributed by atoms with Gasteiger partial charge < -0.3 is 20.4 Å². The van der Waals surface area contributed by atoms with Crippen LogP contribution in [0.15, 0.2) is 18.3 Å². The number of halogens is 1. The van der Waals surface area contributed by atoms with Crippen LogP contribution in [-0.4, -0.2) is 65.8 Å². The van der Waals surface area contributed by atoms with Crippen LogP contribution in [0.2, 0.25) is 0 Å². The zero-order chi connectivity index (χ0) is 17.2. The van der Waals surface area contributed by atoms with Crippen molar-refractivity contribution in [1.29, 1.82) is 0 Å². The third kappa shape index (κ3) is 3.82. The summed E-state index contributed by atoms with van der Waals surface area (Å²) in [4.78, 5) is 21.6. The van der Waals surface area contributed by atoms with Crippen LogP contribution in [0.4, 0.5) is 11.5 Å². The number of pyridine rings is 1. The molecule has 8 nitrogen and oxygen atoms in total. The molecular formula is C17H24ClN7O. The minimum absolute atomic E-state index is 0. The van der Waals surface area contributed by atoms with E-state index in [4.69, 9.17) is 0 Å². The topological polar surface area (TPSA) is 89.2 Å². The average molecular weight is 378 g/mol. The van der Waals surface area contributed by atoms with Gasteiger partial charge in [0, 0.05) is 56.9 Å². The Bertz CT molecular complexity index is 753. The first-order valence-corrected chi connectivity index (χ1v) is 8.68. The summed E-state index contributed by atoms with van der Waals surface area (Å²) in [5, 5.41) is 13.3. The van der Waals surface area contributed by atoms with Gasteiger partial charge in [0.15, 0.2) is 5.69 Å². The number of fused-ring (bicyclic) bond motifs is 1. The third-order valence-corrected chi connectivity index (χ3v) is 4.85. The Kier molecular flexibility index (Phi) is 5.75. The lowest BCUT2D eigenvalue weighted by atomic mass is 10.1. The second-order valence-corrected chi connectivity index (χ2v) is 6.61. The molecule has 0 aromatic carbocycles. The van der Waals surface area contributed by atoms with Gasteiger partial charge in [0.25, 0.3) is 5.91 Å². The van der Waals surface area contributed by atoms with Crippen molar-refractivity contribution in [3.05, 3.63) is 35.3 Å². The third-order valence-electron chi connectivity index (χ3n) is 4.85. The van der Waals surface area contributed by atoms with Gasteiger partial charge in [-0.25, -0.2) is 4.98 Å². The number of nitrogens with one attached hydrogen (secondary N) is 3. The quantitative estimate of drug-likeness (QED) is 0.735. The predicted molar refractivity (Wildman–Crippen MR) is 103 cm³/mol. The maximum absolute atomic E-state index is 12.5. The Hall–Kier alpha value is -2.16. The number of amides is 1. The van der Waals surface area contributed by atoms with Crippen LogP contribution in [0.3, 0.4) is 0 Å². The van der Waals surface area contributed by atoms with Gasteiger partial charge in [-0.3, -0.25) is 9.89 Å². The number of likely N-dealkylation sites (N-methyl/N-ethyl adjacent to an activating group) is 1. The van der Waals surface area contributed by atoms with Gasteiger partial charge in [0.05, 0.1) is 11.9 Å². The molecule has 2 aliphatic rings. The lowest BCUT2D eigenvalue weighted by Gasteiger charge is -2.33. The highest BCUT2D eigenvalue weighted by atomic mass is 35.5. The first-order chi connectivity index (χ1) is 12.2. The fraction of sp³-hybridized carbons (Fsp3) is 0.471. The summed E-state index contributed by atoms with van der Waals surface area (Å²) >= 11 is 0. The van der Waals surface area contributed by atoms with E-state index in [0.717, 1.165) is 56.2 Å². The van der Waals surface area contributed by atoms with E-state index in [1.165, 1.54) is 0 Å². The van der Waals surface area contributed by atoms with Crippen molar-refractivity contribution in [3.63, 3.8) is 0 Å². The lowest BCUT2D eigenvalue weighted by Crippen LogP contribution is -2.44. The smallest absolute Gasteiger partial charge is 0.276 e. The van der Waals surface area contributed by atoms with Crippen LogP contribution in [0.5, 0.6) is 0 Å². The summed E-state index contributed by atoms with van der Waals surface area (Å²) in [7, 11) is 2.13. The van der Waals surface area contributed by atoms with Crippen LogP contribution in [0.1, 0.15) is 21.7 Å². The first-order valence-electron chi connectivity index (χ1n) is 8.68. The fourth-order valence-corrected chi connectivity index (χ4v) is 3.29. The highest BCUT2D eigenvalue weighted by Gasteiger charge is 2.22. The zero-order valence-electron chi connectivity index (χ0n) is 14.8. The summed E-state index contributed by atoms with van der Waals surface area (Å²) in [5.74, 6) is 0.753. The molecule has 0 radical (unpaired) electrons. The number of carbonyl (C=O) groups is 1. The van der Waals surface area contributed by atoms with Crippen molar-refractivity contribution < 1.29 is 4.79 Å². The number of piperazine rings is 1. The molecule has 0 atom stereocenters. The van der Waals surface area contributed by atoms with Crippen molar-refractivity contribution in [1.82, 2.24) is 25.4 Å².